The summed E-state index contributed by atoms with van der Waals surface area (Å²) < 4.78 is 4.58. The van der Waals surface area contributed by atoms with Crippen LogP contribution in [0.5, 0.6) is 0 Å². The highest BCUT2D eigenvalue weighted by Gasteiger charge is 2.33. The van der Waals surface area contributed by atoms with Gasteiger partial charge in [-0.2, -0.15) is 0 Å². The lowest BCUT2D eigenvalue weighted by Gasteiger charge is -2.35. The van der Waals surface area contributed by atoms with Gasteiger partial charge in [0.1, 0.15) is 0 Å². The number of rotatable bonds is 4. The van der Waals surface area contributed by atoms with Crippen molar-refractivity contribution in [3.05, 3.63) is 27.9 Å². The van der Waals surface area contributed by atoms with E-state index in [4.69, 9.17) is 0 Å². The number of anilines is 1. The summed E-state index contributed by atoms with van der Waals surface area (Å²) in [5, 5.41) is 20.4. The van der Waals surface area contributed by atoms with Crippen molar-refractivity contribution in [2.24, 2.45) is 11.8 Å². The minimum Gasteiger partial charge on any atom is -0.481 e. The predicted octanol–water partition coefficient (Wildman–Crippen LogP) is 1.32. The van der Waals surface area contributed by atoms with Crippen LogP contribution in [0.2, 0.25) is 0 Å². The number of pyridine rings is 1. The third-order valence-electron chi connectivity index (χ3n) is 3.75. The minimum atomic E-state index is -0.951. The van der Waals surface area contributed by atoms with E-state index < -0.39 is 22.8 Å². The zero-order valence-corrected chi connectivity index (χ0v) is 12.8. The monoisotopic (exact) mass is 323 g/mol. The molecule has 23 heavy (non-hydrogen) atoms. The zero-order valence-electron chi connectivity index (χ0n) is 12.8. The molecule has 1 aromatic heterocycles. The lowest BCUT2D eigenvalue weighted by Crippen LogP contribution is -2.43. The molecular weight excluding hydrogens is 306 g/mol. The molecule has 2 rings (SSSR count). The molecule has 2 heterocycles. The Hall–Kier alpha value is -2.71. The van der Waals surface area contributed by atoms with Crippen molar-refractivity contribution in [2.45, 2.75) is 13.3 Å². The number of aliphatic carboxylic acids is 1. The SMILES string of the molecule is COC(=O)c1ccc([N+](=O)[O-])c(N2CC(C)CC(C(=O)O)C2)n1. The van der Waals surface area contributed by atoms with Crippen molar-refractivity contribution >= 4 is 23.4 Å². The van der Waals surface area contributed by atoms with Crippen molar-refractivity contribution in [1.29, 1.82) is 0 Å². The van der Waals surface area contributed by atoms with E-state index in [0.717, 1.165) is 0 Å². The van der Waals surface area contributed by atoms with Crippen LogP contribution in [0.15, 0.2) is 12.1 Å². The molecule has 124 valence electrons. The lowest BCUT2D eigenvalue weighted by atomic mass is 9.90. The van der Waals surface area contributed by atoms with Gasteiger partial charge in [-0.05, 0) is 18.4 Å². The summed E-state index contributed by atoms with van der Waals surface area (Å²) >= 11 is 0. The largest absolute Gasteiger partial charge is 0.481 e. The first kappa shape index (κ1) is 16.7. The fraction of sp³-hybridized carbons (Fsp3) is 0.500. The summed E-state index contributed by atoms with van der Waals surface area (Å²) in [7, 11) is 1.19. The number of esters is 1. The molecular formula is C14H17N3O6. The van der Waals surface area contributed by atoms with Gasteiger partial charge in [-0.25, -0.2) is 9.78 Å². The Morgan fingerprint density at radius 2 is 2.13 bits per heavy atom. The molecule has 1 N–H and O–H groups in total. The van der Waals surface area contributed by atoms with Gasteiger partial charge < -0.3 is 14.7 Å². The number of aromatic nitrogens is 1. The Bertz CT molecular complexity index is 647. The number of hydrogen-bond donors (Lipinski definition) is 1. The van der Waals surface area contributed by atoms with Crippen LogP contribution in [-0.4, -0.2) is 47.2 Å². The molecule has 1 saturated heterocycles. The van der Waals surface area contributed by atoms with Crippen molar-refractivity contribution in [2.75, 3.05) is 25.1 Å². The summed E-state index contributed by atoms with van der Waals surface area (Å²) in [6.07, 6.45) is 0.496. The van der Waals surface area contributed by atoms with Crippen molar-refractivity contribution in [1.82, 2.24) is 4.98 Å². The van der Waals surface area contributed by atoms with Gasteiger partial charge in [-0.1, -0.05) is 6.92 Å². The quantitative estimate of drug-likeness (QED) is 0.500. The van der Waals surface area contributed by atoms with E-state index in [2.05, 4.69) is 9.72 Å². The van der Waals surface area contributed by atoms with Crippen LogP contribution in [0.4, 0.5) is 11.5 Å². The number of hydrogen-bond acceptors (Lipinski definition) is 7. The molecule has 2 unspecified atom stereocenters. The number of carboxylic acid groups (broad SMARTS) is 1. The molecule has 1 aliphatic heterocycles. The van der Waals surface area contributed by atoms with E-state index in [1.54, 1.807) is 4.90 Å². The fourth-order valence-electron chi connectivity index (χ4n) is 2.74. The van der Waals surface area contributed by atoms with Crippen LogP contribution < -0.4 is 4.90 Å². The van der Waals surface area contributed by atoms with E-state index >= 15 is 0 Å². The molecule has 0 radical (unpaired) electrons. The summed E-state index contributed by atoms with van der Waals surface area (Å²) in [4.78, 5) is 39.1. The Morgan fingerprint density at radius 1 is 1.43 bits per heavy atom. The molecule has 1 aliphatic rings. The molecule has 0 aromatic carbocycles. The van der Waals surface area contributed by atoms with Crippen LogP contribution in [0.25, 0.3) is 0 Å². The van der Waals surface area contributed by atoms with Gasteiger partial charge in [-0.15, -0.1) is 0 Å². The minimum absolute atomic E-state index is 0.00398. The maximum absolute atomic E-state index is 11.6. The van der Waals surface area contributed by atoms with E-state index in [9.17, 15) is 24.8 Å². The first-order chi connectivity index (χ1) is 10.8. The maximum Gasteiger partial charge on any atom is 0.356 e. The first-order valence-electron chi connectivity index (χ1n) is 7.05. The molecule has 0 amide bonds. The molecule has 2 atom stereocenters. The molecule has 1 fully saturated rings. The van der Waals surface area contributed by atoms with Crippen LogP contribution in [0.3, 0.4) is 0 Å². The lowest BCUT2D eigenvalue weighted by molar-refractivity contribution is -0.384. The van der Waals surface area contributed by atoms with Gasteiger partial charge in [-0.3, -0.25) is 14.9 Å². The van der Waals surface area contributed by atoms with Gasteiger partial charge in [0.15, 0.2) is 5.69 Å². The van der Waals surface area contributed by atoms with Gasteiger partial charge in [0.25, 0.3) is 0 Å². The van der Waals surface area contributed by atoms with Crippen molar-refractivity contribution in [3.8, 4) is 0 Å². The molecule has 1 aromatic rings. The Kier molecular flexibility index (Phi) is 4.77. The van der Waals surface area contributed by atoms with Gasteiger partial charge in [0.05, 0.1) is 18.0 Å². The highest BCUT2D eigenvalue weighted by molar-refractivity contribution is 5.88. The second-order valence-electron chi connectivity index (χ2n) is 5.57. The maximum atomic E-state index is 11.6. The number of carbonyl (C=O) groups is 2. The third-order valence-corrected chi connectivity index (χ3v) is 3.75. The van der Waals surface area contributed by atoms with Crippen LogP contribution in [0.1, 0.15) is 23.8 Å². The number of carboxylic acids is 1. The van der Waals surface area contributed by atoms with Gasteiger partial charge in [0, 0.05) is 19.2 Å². The number of carbonyl (C=O) groups excluding carboxylic acids is 1. The van der Waals surface area contributed by atoms with E-state index in [1.165, 1.54) is 19.2 Å². The van der Waals surface area contributed by atoms with E-state index in [-0.39, 0.29) is 29.7 Å². The number of piperidine rings is 1. The van der Waals surface area contributed by atoms with Crippen molar-refractivity contribution in [3.63, 3.8) is 0 Å². The van der Waals surface area contributed by atoms with Gasteiger partial charge >= 0.3 is 17.6 Å². The summed E-state index contributed by atoms with van der Waals surface area (Å²) in [5.41, 5.74) is -0.325. The Morgan fingerprint density at radius 3 is 2.70 bits per heavy atom. The van der Waals surface area contributed by atoms with Crippen molar-refractivity contribution < 1.29 is 24.4 Å². The topological polar surface area (TPSA) is 123 Å². The first-order valence-corrected chi connectivity index (χ1v) is 7.05. The van der Waals surface area contributed by atoms with Gasteiger partial charge in [0.2, 0.25) is 5.82 Å². The predicted molar refractivity (Wildman–Crippen MR) is 79.4 cm³/mol. The normalized spacial score (nSPS) is 20.9. The second-order valence-corrected chi connectivity index (χ2v) is 5.57. The average Bonchev–Trinajstić information content (AvgIpc) is 2.52. The van der Waals surface area contributed by atoms with Crippen LogP contribution >= 0.6 is 0 Å². The second kappa shape index (κ2) is 6.59. The third kappa shape index (κ3) is 3.55. The Balaban J connectivity index is 2.44. The van der Waals surface area contributed by atoms with E-state index in [1.807, 2.05) is 6.92 Å². The summed E-state index contributed by atoms with van der Waals surface area (Å²) in [6, 6.07) is 2.40. The number of nitro groups is 1. The number of methoxy groups -OCH3 is 1. The molecule has 9 nitrogen and oxygen atoms in total. The summed E-state index contributed by atoms with van der Waals surface area (Å²) in [5.74, 6) is -2.26. The average molecular weight is 323 g/mol. The standard InChI is InChI=1S/C14H17N3O6/c1-8-5-9(13(18)19)7-16(6-8)12-11(17(21)22)4-3-10(15-12)14(20)23-2/h3-4,8-9H,5-7H2,1-2H3,(H,18,19). The number of ether oxygens (including phenoxy) is 1. The summed E-state index contributed by atoms with van der Waals surface area (Å²) in [6.45, 7) is 2.42. The smallest absolute Gasteiger partial charge is 0.356 e. The molecule has 9 heteroatoms. The Labute approximate surface area is 132 Å². The van der Waals surface area contributed by atoms with E-state index in [0.29, 0.717) is 13.0 Å². The zero-order chi connectivity index (χ0) is 17.1. The molecule has 0 aliphatic carbocycles. The fourth-order valence-corrected chi connectivity index (χ4v) is 2.74. The number of nitrogens with zero attached hydrogens (tertiary/aromatic N) is 3. The van der Waals surface area contributed by atoms with Crippen LogP contribution in [-0.2, 0) is 9.53 Å². The molecule has 0 saturated carbocycles. The highest BCUT2D eigenvalue weighted by atomic mass is 16.6. The molecule has 0 bridgehead atoms. The highest BCUT2D eigenvalue weighted by Crippen LogP contribution is 2.32. The molecule has 0 spiro atoms. The van der Waals surface area contributed by atoms with Crippen LogP contribution in [0, 0.1) is 22.0 Å².